The Balaban J connectivity index is 1.97. The number of nitrogens with zero attached hydrogens (tertiary/aromatic N) is 4. The number of hydrogen-bond acceptors (Lipinski definition) is 4. The topological polar surface area (TPSA) is 66.7 Å². The maximum absolute atomic E-state index is 6.05. The zero-order valence-corrected chi connectivity index (χ0v) is 18.4. The highest BCUT2D eigenvalue weighted by molar-refractivity contribution is 6.30. The number of nitrogens with one attached hydrogen (secondary N) is 2. The van der Waals surface area contributed by atoms with Crippen molar-refractivity contribution in [3.05, 3.63) is 53.3 Å². The van der Waals surface area contributed by atoms with Gasteiger partial charge in [0.1, 0.15) is 0 Å². The van der Waals surface area contributed by atoms with Crippen LogP contribution in [0.4, 0.5) is 0 Å². The van der Waals surface area contributed by atoms with E-state index < -0.39 is 0 Å². The monoisotopic (exact) mass is 420 g/mol. The van der Waals surface area contributed by atoms with E-state index in [0.717, 1.165) is 55.8 Å². The van der Waals surface area contributed by atoms with Crippen LogP contribution in [0.1, 0.15) is 24.9 Å². The van der Waals surface area contributed by atoms with Gasteiger partial charge in [-0.15, -0.1) is 0 Å². The van der Waals surface area contributed by atoms with Gasteiger partial charge in [-0.05, 0) is 44.2 Å². The number of benzene rings is 1. The van der Waals surface area contributed by atoms with Crippen LogP contribution in [-0.2, 0) is 4.74 Å². The first kappa shape index (κ1) is 23.2. The molecule has 1 unspecified atom stereocenters. The number of aliphatic imine (C=N–C) groups is 1. The molecule has 0 fully saturated rings. The fraction of sp³-hybridized carbons (Fsp3) is 0.524. The van der Waals surface area contributed by atoms with Crippen molar-refractivity contribution in [3.63, 3.8) is 0 Å². The predicted molar refractivity (Wildman–Crippen MR) is 120 cm³/mol. The molecule has 7 nitrogen and oxygen atoms in total. The van der Waals surface area contributed by atoms with Crippen LogP contribution in [0.2, 0.25) is 5.02 Å². The quantitative estimate of drug-likeness (QED) is 0.314. The van der Waals surface area contributed by atoms with E-state index in [1.165, 1.54) is 0 Å². The number of guanidine groups is 1. The number of ether oxygens (including phenoxy) is 1. The zero-order chi connectivity index (χ0) is 20.9. The molecule has 8 heteroatoms. The molecule has 2 aromatic rings. The highest BCUT2D eigenvalue weighted by Crippen LogP contribution is 2.20. The predicted octanol–water partition coefficient (Wildman–Crippen LogP) is 2.65. The minimum Gasteiger partial charge on any atom is -0.385 e. The molecule has 160 valence electrons. The van der Waals surface area contributed by atoms with Crippen LogP contribution in [0.3, 0.4) is 0 Å². The van der Waals surface area contributed by atoms with Gasteiger partial charge in [-0.2, -0.15) is 5.10 Å². The standard InChI is InChI=1S/C21H33ClN6O/c1-4-23-21(24-12-15-27(2)13-6-16-29-3)25-17-20(28-14-5-11-26-28)18-7-9-19(22)10-8-18/h5,7-11,14,20H,4,6,12-13,15-17H2,1-3H3,(H2,23,24,25). The normalized spacial score (nSPS) is 12.9. The van der Waals surface area contributed by atoms with Gasteiger partial charge in [0.2, 0.25) is 0 Å². The van der Waals surface area contributed by atoms with Crippen LogP contribution in [0, 0.1) is 0 Å². The Bertz CT molecular complexity index is 704. The first-order valence-corrected chi connectivity index (χ1v) is 10.5. The Morgan fingerprint density at radius 2 is 2.07 bits per heavy atom. The second kappa shape index (κ2) is 13.2. The maximum atomic E-state index is 6.05. The summed E-state index contributed by atoms with van der Waals surface area (Å²) in [6.45, 7) is 7.02. The largest absolute Gasteiger partial charge is 0.385 e. The number of rotatable bonds is 12. The molecule has 1 aromatic carbocycles. The van der Waals surface area contributed by atoms with Gasteiger partial charge in [-0.25, -0.2) is 0 Å². The molecule has 1 atom stereocenters. The Morgan fingerprint density at radius 3 is 2.72 bits per heavy atom. The van der Waals surface area contributed by atoms with Crippen LogP contribution >= 0.6 is 11.6 Å². The van der Waals surface area contributed by atoms with Gasteiger partial charge < -0.3 is 20.3 Å². The summed E-state index contributed by atoms with van der Waals surface area (Å²) in [5, 5.41) is 11.9. The number of hydrogen-bond donors (Lipinski definition) is 2. The van der Waals surface area contributed by atoms with Gasteiger partial charge >= 0.3 is 0 Å². The van der Waals surface area contributed by atoms with Crippen LogP contribution in [0.25, 0.3) is 0 Å². The average Bonchev–Trinajstić information content (AvgIpc) is 3.24. The summed E-state index contributed by atoms with van der Waals surface area (Å²) in [7, 11) is 3.86. The van der Waals surface area contributed by atoms with Crippen LogP contribution in [0.5, 0.6) is 0 Å². The van der Waals surface area contributed by atoms with Gasteiger partial charge in [-0.1, -0.05) is 23.7 Å². The molecule has 2 N–H and O–H groups in total. The molecule has 0 spiro atoms. The van der Waals surface area contributed by atoms with Gasteiger partial charge in [0, 0.05) is 57.3 Å². The van der Waals surface area contributed by atoms with E-state index in [1.807, 2.05) is 41.2 Å². The summed E-state index contributed by atoms with van der Waals surface area (Å²) >= 11 is 6.05. The van der Waals surface area contributed by atoms with Crippen molar-refractivity contribution in [1.29, 1.82) is 0 Å². The Hall–Kier alpha value is -2.09. The fourth-order valence-corrected chi connectivity index (χ4v) is 3.09. The van der Waals surface area contributed by atoms with Gasteiger partial charge in [0.15, 0.2) is 5.96 Å². The highest BCUT2D eigenvalue weighted by atomic mass is 35.5. The molecule has 1 heterocycles. The molecule has 0 aliphatic carbocycles. The van der Waals surface area contributed by atoms with Crippen molar-refractivity contribution >= 4 is 17.6 Å². The third-order valence-electron chi connectivity index (χ3n) is 4.54. The van der Waals surface area contributed by atoms with Crippen LogP contribution in [-0.4, -0.2) is 74.1 Å². The SMILES string of the molecule is CCNC(=NCC(c1ccc(Cl)cc1)n1cccn1)NCCN(C)CCCOC. The van der Waals surface area contributed by atoms with Crippen molar-refractivity contribution < 1.29 is 4.74 Å². The zero-order valence-electron chi connectivity index (χ0n) is 17.6. The van der Waals surface area contributed by atoms with Crippen molar-refractivity contribution in [2.24, 2.45) is 4.99 Å². The second-order valence-electron chi connectivity index (χ2n) is 6.85. The van der Waals surface area contributed by atoms with Crippen molar-refractivity contribution in [1.82, 2.24) is 25.3 Å². The minimum absolute atomic E-state index is 0.00874. The van der Waals surface area contributed by atoms with Crippen molar-refractivity contribution in [3.8, 4) is 0 Å². The van der Waals surface area contributed by atoms with E-state index >= 15 is 0 Å². The summed E-state index contributed by atoms with van der Waals surface area (Å²) in [6, 6.07) is 9.79. The first-order chi connectivity index (χ1) is 14.1. The van der Waals surface area contributed by atoms with E-state index in [9.17, 15) is 0 Å². The summed E-state index contributed by atoms with van der Waals surface area (Å²) < 4.78 is 7.04. The highest BCUT2D eigenvalue weighted by Gasteiger charge is 2.14. The second-order valence-corrected chi connectivity index (χ2v) is 7.29. The fourth-order valence-electron chi connectivity index (χ4n) is 2.97. The van der Waals surface area contributed by atoms with E-state index in [-0.39, 0.29) is 6.04 Å². The summed E-state index contributed by atoms with van der Waals surface area (Å²) in [5.41, 5.74) is 1.12. The molecule has 0 bridgehead atoms. The summed E-state index contributed by atoms with van der Waals surface area (Å²) in [4.78, 5) is 7.09. The molecule has 2 rings (SSSR count). The first-order valence-electron chi connectivity index (χ1n) is 10.1. The molecule has 0 aliphatic rings. The number of halogens is 1. The van der Waals surface area contributed by atoms with Gasteiger partial charge in [0.05, 0.1) is 12.6 Å². The molecule has 0 amide bonds. The van der Waals surface area contributed by atoms with Crippen molar-refractivity contribution in [2.45, 2.75) is 19.4 Å². The van der Waals surface area contributed by atoms with Crippen LogP contribution < -0.4 is 10.6 Å². The molecule has 29 heavy (non-hydrogen) atoms. The maximum Gasteiger partial charge on any atom is 0.191 e. The average molecular weight is 421 g/mol. The Morgan fingerprint density at radius 1 is 1.28 bits per heavy atom. The number of methoxy groups -OCH3 is 1. The van der Waals surface area contributed by atoms with E-state index in [2.05, 4.69) is 34.6 Å². The third kappa shape index (κ3) is 8.43. The van der Waals surface area contributed by atoms with E-state index in [4.69, 9.17) is 21.3 Å². The number of likely N-dealkylation sites (N-methyl/N-ethyl adjacent to an activating group) is 1. The molecular weight excluding hydrogens is 388 g/mol. The lowest BCUT2D eigenvalue weighted by Crippen LogP contribution is -2.41. The molecule has 0 aliphatic heterocycles. The number of aromatic nitrogens is 2. The Labute approximate surface area is 179 Å². The van der Waals surface area contributed by atoms with Crippen LogP contribution in [0.15, 0.2) is 47.7 Å². The van der Waals surface area contributed by atoms with E-state index in [1.54, 1.807) is 13.3 Å². The summed E-state index contributed by atoms with van der Waals surface area (Å²) in [5.74, 6) is 0.809. The summed E-state index contributed by atoms with van der Waals surface area (Å²) in [6.07, 6.45) is 4.79. The van der Waals surface area contributed by atoms with Gasteiger partial charge in [-0.3, -0.25) is 9.67 Å². The molecule has 1 aromatic heterocycles. The van der Waals surface area contributed by atoms with Gasteiger partial charge in [0.25, 0.3) is 0 Å². The Kier molecular flexibility index (Phi) is 10.5. The lowest BCUT2D eigenvalue weighted by molar-refractivity contribution is 0.180. The lowest BCUT2D eigenvalue weighted by atomic mass is 10.1. The minimum atomic E-state index is 0.00874. The van der Waals surface area contributed by atoms with Crippen molar-refractivity contribution in [2.75, 3.05) is 53.5 Å². The lowest BCUT2D eigenvalue weighted by Gasteiger charge is -2.19. The molecule has 0 radical (unpaired) electrons. The molecule has 0 saturated carbocycles. The third-order valence-corrected chi connectivity index (χ3v) is 4.79. The smallest absolute Gasteiger partial charge is 0.191 e. The van der Waals surface area contributed by atoms with E-state index in [0.29, 0.717) is 6.54 Å². The molecular formula is C21H33ClN6O. The molecule has 0 saturated heterocycles.